The number of carbonyl (C=O) groups is 1. The molecule has 1 N–H and O–H groups in total. The highest BCUT2D eigenvalue weighted by atomic mass is 16.6. The number of anilines is 1. The summed E-state index contributed by atoms with van der Waals surface area (Å²) >= 11 is 0. The quantitative estimate of drug-likeness (QED) is 0.401. The van der Waals surface area contributed by atoms with Crippen molar-refractivity contribution in [1.29, 1.82) is 0 Å². The number of ether oxygens (including phenoxy) is 2. The number of rotatable bonds is 5. The molecule has 8 nitrogen and oxygen atoms in total. The van der Waals surface area contributed by atoms with Gasteiger partial charge in [-0.15, -0.1) is 0 Å². The summed E-state index contributed by atoms with van der Waals surface area (Å²) in [6.45, 7) is 3.55. The molecule has 4 rings (SSSR count). The van der Waals surface area contributed by atoms with E-state index in [9.17, 15) is 14.9 Å². The van der Waals surface area contributed by atoms with E-state index in [0.717, 1.165) is 40.8 Å². The molecular weight excluding hydrogens is 374 g/mol. The van der Waals surface area contributed by atoms with Crippen molar-refractivity contribution in [3.05, 3.63) is 63.3 Å². The zero-order valence-corrected chi connectivity index (χ0v) is 16.2. The van der Waals surface area contributed by atoms with Gasteiger partial charge >= 0.3 is 11.7 Å². The largest absolute Gasteiger partial charge is 0.487 e. The van der Waals surface area contributed by atoms with Gasteiger partial charge in [-0.1, -0.05) is 0 Å². The topological polar surface area (TPSA) is 97.7 Å². The second-order valence-electron chi connectivity index (χ2n) is 6.85. The lowest BCUT2D eigenvalue weighted by Gasteiger charge is -2.29. The lowest BCUT2D eigenvalue weighted by atomic mass is 10.0. The summed E-state index contributed by atoms with van der Waals surface area (Å²) in [6, 6.07) is 10.4. The number of methoxy groups -OCH3 is 1. The van der Waals surface area contributed by atoms with Gasteiger partial charge in [-0.2, -0.15) is 0 Å². The number of benzene rings is 2. The Kier molecular flexibility index (Phi) is 4.84. The van der Waals surface area contributed by atoms with Crippen LogP contribution in [0.3, 0.4) is 0 Å². The number of nitrogens with zero attached hydrogens (tertiary/aromatic N) is 2. The molecular formula is C21H21N3O5. The van der Waals surface area contributed by atoms with Crippen LogP contribution in [0, 0.1) is 10.1 Å². The first-order valence-electron chi connectivity index (χ1n) is 9.39. The van der Waals surface area contributed by atoms with Gasteiger partial charge in [0.25, 0.3) is 0 Å². The molecule has 29 heavy (non-hydrogen) atoms. The third kappa shape index (κ3) is 3.37. The maximum Gasteiger partial charge on any atom is 0.337 e. The molecule has 0 fully saturated rings. The van der Waals surface area contributed by atoms with Gasteiger partial charge in [0.2, 0.25) is 0 Å². The summed E-state index contributed by atoms with van der Waals surface area (Å²) in [6.07, 6.45) is 0.804. The number of esters is 1. The third-order valence-electron chi connectivity index (χ3n) is 5.20. The average molecular weight is 395 g/mol. The van der Waals surface area contributed by atoms with Crippen LogP contribution in [-0.2, 0) is 17.7 Å². The molecule has 8 heteroatoms. The zero-order valence-electron chi connectivity index (χ0n) is 16.2. The average Bonchev–Trinajstić information content (AvgIpc) is 3.10. The van der Waals surface area contributed by atoms with Crippen molar-refractivity contribution in [1.82, 2.24) is 4.98 Å². The van der Waals surface area contributed by atoms with E-state index >= 15 is 0 Å². The Morgan fingerprint density at radius 2 is 2.10 bits per heavy atom. The monoisotopic (exact) mass is 395 g/mol. The second-order valence-corrected chi connectivity index (χ2v) is 6.85. The molecule has 0 unspecified atom stereocenters. The highest BCUT2D eigenvalue weighted by Crippen LogP contribution is 2.35. The van der Waals surface area contributed by atoms with Gasteiger partial charge in [-0.25, -0.2) is 4.79 Å². The van der Waals surface area contributed by atoms with Crippen LogP contribution in [-0.4, -0.2) is 36.1 Å². The molecule has 0 spiro atoms. The Hall–Kier alpha value is -3.55. The number of aromatic nitrogens is 1. The number of carbonyl (C=O) groups excluding carboxylic acids is 1. The fourth-order valence-electron chi connectivity index (χ4n) is 3.80. The minimum atomic E-state index is -0.433. The minimum absolute atomic E-state index is 0.0388. The molecule has 0 bridgehead atoms. The number of nitro groups is 1. The van der Waals surface area contributed by atoms with Crippen molar-refractivity contribution >= 4 is 28.2 Å². The fourth-order valence-corrected chi connectivity index (χ4v) is 3.80. The normalized spacial score (nSPS) is 13.2. The van der Waals surface area contributed by atoms with Gasteiger partial charge in [0.15, 0.2) is 5.75 Å². The first-order valence-corrected chi connectivity index (χ1v) is 9.39. The van der Waals surface area contributed by atoms with Crippen LogP contribution < -0.4 is 9.64 Å². The van der Waals surface area contributed by atoms with E-state index in [1.807, 2.05) is 12.1 Å². The summed E-state index contributed by atoms with van der Waals surface area (Å²) in [7, 11) is 1.37. The van der Waals surface area contributed by atoms with E-state index < -0.39 is 4.92 Å². The number of nitro benzene ring substituents is 1. The zero-order chi connectivity index (χ0) is 20.5. The van der Waals surface area contributed by atoms with Gasteiger partial charge in [0.05, 0.1) is 24.2 Å². The number of H-pyrrole nitrogens is 1. The molecule has 3 aromatic rings. The lowest BCUT2D eigenvalue weighted by molar-refractivity contribution is -0.385. The number of hydrogen-bond acceptors (Lipinski definition) is 6. The van der Waals surface area contributed by atoms with Gasteiger partial charge < -0.3 is 19.4 Å². The first kappa shape index (κ1) is 18.8. The van der Waals surface area contributed by atoms with E-state index in [0.29, 0.717) is 18.7 Å². The molecule has 2 aromatic carbocycles. The summed E-state index contributed by atoms with van der Waals surface area (Å²) < 4.78 is 10.3. The Morgan fingerprint density at radius 1 is 1.28 bits per heavy atom. The smallest absolute Gasteiger partial charge is 0.337 e. The molecule has 0 amide bonds. The number of hydrogen-bond donors (Lipinski definition) is 1. The van der Waals surface area contributed by atoms with E-state index in [4.69, 9.17) is 9.47 Å². The highest BCUT2D eigenvalue weighted by Gasteiger charge is 2.24. The molecule has 0 saturated heterocycles. The van der Waals surface area contributed by atoms with Gasteiger partial charge in [0, 0.05) is 59.5 Å². The van der Waals surface area contributed by atoms with Crippen LogP contribution in [0.4, 0.5) is 11.4 Å². The maximum atomic E-state index is 11.9. The Morgan fingerprint density at radius 3 is 2.83 bits per heavy atom. The van der Waals surface area contributed by atoms with Crippen LogP contribution in [0.2, 0.25) is 0 Å². The lowest BCUT2D eigenvalue weighted by Crippen LogP contribution is -2.30. The number of aromatic amines is 1. The van der Waals surface area contributed by atoms with Crippen molar-refractivity contribution < 1.29 is 19.2 Å². The van der Waals surface area contributed by atoms with Crippen LogP contribution in [0.1, 0.15) is 28.5 Å². The molecule has 150 valence electrons. The van der Waals surface area contributed by atoms with Crippen molar-refractivity contribution in [3.8, 4) is 5.75 Å². The molecule has 1 aliphatic rings. The SMILES string of the molecule is CCOc1cc(N2CCc3[nH]c4ccc(C(=O)OC)cc4c3C2)ccc1[N+](=O)[O-]. The van der Waals surface area contributed by atoms with Gasteiger partial charge in [0.1, 0.15) is 0 Å². The number of nitrogens with one attached hydrogen (secondary N) is 1. The van der Waals surface area contributed by atoms with Crippen molar-refractivity contribution in [2.75, 3.05) is 25.2 Å². The summed E-state index contributed by atoms with van der Waals surface area (Å²) in [5.41, 5.74) is 4.57. The van der Waals surface area contributed by atoms with Crippen LogP contribution in [0.15, 0.2) is 36.4 Å². The van der Waals surface area contributed by atoms with Crippen molar-refractivity contribution in [2.45, 2.75) is 19.9 Å². The molecule has 0 radical (unpaired) electrons. The molecule has 0 atom stereocenters. The van der Waals surface area contributed by atoms with Crippen LogP contribution in [0.5, 0.6) is 5.75 Å². The van der Waals surface area contributed by atoms with Gasteiger partial charge in [-0.05, 0) is 31.2 Å². The van der Waals surface area contributed by atoms with Crippen molar-refractivity contribution in [3.63, 3.8) is 0 Å². The summed E-state index contributed by atoms with van der Waals surface area (Å²) in [5, 5.41) is 12.2. The molecule has 0 saturated carbocycles. The minimum Gasteiger partial charge on any atom is -0.487 e. The highest BCUT2D eigenvalue weighted by molar-refractivity contribution is 5.96. The summed E-state index contributed by atoms with van der Waals surface area (Å²) in [4.78, 5) is 28.3. The van der Waals surface area contributed by atoms with E-state index in [1.54, 1.807) is 25.1 Å². The predicted molar refractivity (Wildman–Crippen MR) is 109 cm³/mol. The molecule has 1 aliphatic heterocycles. The van der Waals surface area contributed by atoms with E-state index in [1.165, 1.54) is 13.2 Å². The Labute approximate surface area is 167 Å². The van der Waals surface area contributed by atoms with E-state index in [-0.39, 0.29) is 17.4 Å². The molecule has 1 aromatic heterocycles. The Bertz CT molecular complexity index is 1110. The predicted octanol–water partition coefficient (Wildman–Crippen LogP) is 3.82. The van der Waals surface area contributed by atoms with E-state index in [2.05, 4.69) is 9.88 Å². The Balaban J connectivity index is 1.70. The molecule has 2 heterocycles. The van der Waals surface area contributed by atoms with Gasteiger partial charge in [-0.3, -0.25) is 10.1 Å². The molecule has 0 aliphatic carbocycles. The second kappa shape index (κ2) is 7.46. The number of fused-ring (bicyclic) bond motifs is 3. The standard InChI is InChI=1S/C21H21N3O5/c1-3-29-20-11-14(5-7-19(20)24(26)27)23-9-8-18-16(12-23)15-10-13(21(25)28-2)4-6-17(15)22-18/h4-7,10-11,22H,3,8-9,12H2,1-2H3. The third-order valence-corrected chi connectivity index (χ3v) is 5.20. The summed E-state index contributed by atoms with van der Waals surface area (Å²) in [5.74, 6) is -0.0982. The fraction of sp³-hybridized carbons (Fsp3) is 0.286. The first-order chi connectivity index (χ1) is 14.0. The maximum absolute atomic E-state index is 11.9. The van der Waals surface area contributed by atoms with Crippen LogP contribution in [0.25, 0.3) is 10.9 Å². The van der Waals surface area contributed by atoms with Crippen LogP contribution >= 0.6 is 0 Å². The van der Waals surface area contributed by atoms with Crippen molar-refractivity contribution in [2.24, 2.45) is 0 Å².